The van der Waals surface area contributed by atoms with Crippen molar-refractivity contribution in [2.45, 2.75) is 131 Å². The zero-order valence-corrected chi connectivity index (χ0v) is 58.2. The molecule has 468 valence electrons. The van der Waals surface area contributed by atoms with E-state index >= 15 is 0 Å². The lowest BCUT2D eigenvalue weighted by Crippen LogP contribution is -2.60. The monoisotopic (exact) mass is 1230 g/mol. The number of hydrogen-bond donors (Lipinski definition) is 0. The van der Waals surface area contributed by atoms with Gasteiger partial charge in [-0.1, -0.05) is 328 Å². The minimum atomic E-state index is -0.225. The number of hydrogen-bond acceptors (Lipinski definition) is 1. The van der Waals surface area contributed by atoms with Crippen molar-refractivity contribution in [2.24, 2.45) is 0 Å². The Labute approximate surface area is 564 Å². The lowest BCUT2D eigenvalue weighted by Gasteiger charge is -2.43. The third-order valence-corrected chi connectivity index (χ3v) is 20.5. The molecule has 0 aliphatic carbocycles. The molecule has 2 aliphatic heterocycles. The van der Waals surface area contributed by atoms with Gasteiger partial charge in [-0.25, -0.2) is 0 Å². The smallest absolute Gasteiger partial charge is 0.252 e. The van der Waals surface area contributed by atoms with Gasteiger partial charge in [-0.15, -0.1) is 0 Å². The van der Waals surface area contributed by atoms with E-state index in [0.717, 1.165) is 39.1 Å². The van der Waals surface area contributed by atoms with Crippen LogP contribution >= 0.6 is 0 Å². The van der Waals surface area contributed by atoms with Crippen LogP contribution in [0.4, 0.5) is 17.1 Å². The van der Waals surface area contributed by atoms with Crippen LogP contribution in [0.2, 0.25) is 0 Å². The first-order chi connectivity index (χ1) is 45.3. The second kappa shape index (κ2) is 22.5. The van der Waals surface area contributed by atoms with Crippen LogP contribution in [0.15, 0.2) is 255 Å². The van der Waals surface area contributed by atoms with Crippen LogP contribution in [0.25, 0.3) is 105 Å². The molecule has 0 unspecified atom stereocenters. The SMILES string of the molecule is CC(C)(C)c1ccc(-c2cc3c4c(c2)c2ccccc2c2ccccc2c2ccccc2n4-c2cc(-c4cc(C(C)(C)C)cc(C(C)(C)C)c4)cc4c2B3c2ccc(-c3cc(C(C)(C)C)cc(C(C)(C)C)c3)cc2N4c2c(-c3ccccc3)cccc2-c2ccccc2)cc1. The fraction of sp³-hybridized carbons (Fsp3) is 0.217. The van der Waals surface area contributed by atoms with E-state index in [1.807, 2.05) is 0 Å². The number of fused-ring (bicyclic) bond motifs is 11. The van der Waals surface area contributed by atoms with Crippen molar-refractivity contribution in [3.63, 3.8) is 0 Å². The van der Waals surface area contributed by atoms with E-state index in [9.17, 15) is 0 Å². The summed E-state index contributed by atoms with van der Waals surface area (Å²) in [6.07, 6.45) is 0. The molecule has 1 aromatic heterocycles. The second-order valence-corrected chi connectivity index (χ2v) is 32.2. The summed E-state index contributed by atoms with van der Waals surface area (Å²) in [6.45, 7) is 35.0. The molecule has 3 heteroatoms. The highest BCUT2D eigenvalue weighted by Gasteiger charge is 2.44. The molecule has 3 heterocycles. The van der Waals surface area contributed by atoms with E-state index in [2.05, 4.69) is 368 Å². The number of benzene rings is 12. The molecule has 0 spiro atoms. The lowest BCUT2D eigenvalue weighted by atomic mass is 9.33. The fourth-order valence-corrected chi connectivity index (χ4v) is 15.1. The van der Waals surface area contributed by atoms with Crippen molar-refractivity contribution >= 4 is 83.5 Å². The highest BCUT2D eigenvalue weighted by molar-refractivity contribution is 7.00. The summed E-state index contributed by atoms with van der Waals surface area (Å²) in [5.41, 5.74) is 28.8. The predicted molar refractivity (Wildman–Crippen MR) is 413 cm³/mol. The van der Waals surface area contributed by atoms with Crippen molar-refractivity contribution in [3.05, 3.63) is 283 Å². The van der Waals surface area contributed by atoms with E-state index in [0.29, 0.717) is 0 Å². The Balaban J connectivity index is 1.20. The maximum absolute atomic E-state index is 2.73. The molecule has 12 aromatic carbocycles. The van der Waals surface area contributed by atoms with Crippen LogP contribution in [0.3, 0.4) is 0 Å². The summed E-state index contributed by atoms with van der Waals surface area (Å²) in [5.74, 6) is 0. The lowest BCUT2D eigenvalue weighted by molar-refractivity contribution is 0.568. The summed E-state index contributed by atoms with van der Waals surface area (Å²) in [5, 5.41) is 7.24. The van der Waals surface area contributed by atoms with Gasteiger partial charge in [0, 0.05) is 44.5 Å². The molecule has 0 saturated carbocycles. The number of rotatable bonds is 6. The molecule has 13 aromatic rings. The Bertz CT molecular complexity index is 5180. The average molecular weight is 1230 g/mol. The van der Waals surface area contributed by atoms with Crippen LogP contribution in [0.5, 0.6) is 0 Å². The van der Waals surface area contributed by atoms with E-state index in [1.165, 1.54) is 127 Å². The van der Waals surface area contributed by atoms with Crippen LogP contribution in [-0.2, 0) is 27.1 Å². The quantitative estimate of drug-likeness (QED) is 0.151. The van der Waals surface area contributed by atoms with Crippen LogP contribution < -0.4 is 21.3 Å². The molecule has 0 atom stereocenters. The summed E-state index contributed by atoms with van der Waals surface area (Å²) in [7, 11) is 0. The van der Waals surface area contributed by atoms with Crippen LogP contribution in [0.1, 0.15) is 132 Å². The summed E-state index contributed by atoms with van der Waals surface area (Å²) in [6, 6.07) is 99.0. The van der Waals surface area contributed by atoms with Gasteiger partial charge < -0.3 is 9.47 Å². The van der Waals surface area contributed by atoms with Gasteiger partial charge in [0.15, 0.2) is 0 Å². The topological polar surface area (TPSA) is 8.17 Å². The first-order valence-electron chi connectivity index (χ1n) is 34.3. The van der Waals surface area contributed by atoms with Gasteiger partial charge in [0.2, 0.25) is 0 Å². The van der Waals surface area contributed by atoms with Crippen molar-refractivity contribution < 1.29 is 0 Å². The van der Waals surface area contributed by atoms with Gasteiger partial charge >= 0.3 is 0 Å². The number of nitrogens with zero attached hydrogens (tertiary/aromatic N) is 2. The van der Waals surface area contributed by atoms with Gasteiger partial charge in [-0.05, 0) is 168 Å². The Hall–Kier alpha value is -9.70. The van der Waals surface area contributed by atoms with E-state index < -0.39 is 0 Å². The summed E-state index contributed by atoms with van der Waals surface area (Å²) in [4.78, 5) is 2.73. The first kappa shape index (κ1) is 61.5. The largest absolute Gasteiger partial charge is 0.310 e. The van der Waals surface area contributed by atoms with Crippen LogP contribution in [0, 0.1) is 0 Å². The maximum atomic E-state index is 2.73. The number of aromatic nitrogens is 1. The minimum Gasteiger partial charge on any atom is -0.310 e. The van der Waals surface area contributed by atoms with E-state index in [-0.39, 0.29) is 33.8 Å². The highest BCUT2D eigenvalue weighted by Crippen LogP contribution is 2.51. The molecular formula is C92H87BN2. The molecule has 15 rings (SSSR count). The van der Waals surface area contributed by atoms with E-state index in [4.69, 9.17) is 0 Å². The third kappa shape index (κ3) is 10.8. The number of anilines is 3. The number of para-hydroxylation sites is 2. The zero-order chi connectivity index (χ0) is 66.3. The predicted octanol–water partition coefficient (Wildman–Crippen LogP) is 23.6. The van der Waals surface area contributed by atoms with Gasteiger partial charge in [-0.2, -0.15) is 0 Å². The van der Waals surface area contributed by atoms with Gasteiger partial charge in [0.05, 0.1) is 11.2 Å². The van der Waals surface area contributed by atoms with Crippen molar-refractivity contribution in [1.82, 2.24) is 4.57 Å². The van der Waals surface area contributed by atoms with Crippen LogP contribution in [-0.4, -0.2) is 11.3 Å². The zero-order valence-electron chi connectivity index (χ0n) is 58.2. The minimum absolute atomic E-state index is 0.00519. The Morgan fingerprint density at radius 3 is 1.16 bits per heavy atom. The Morgan fingerprint density at radius 1 is 0.253 bits per heavy atom. The first-order valence-corrected chi connectivity index (χ1v) is 34.3. The Kier molecular flexibility index (Phi) is 14.6. The molecule has 0 saturated heterocycles. The molecule has 2 nitrogen and oxygen atoms in total. The maximum Gasteiger partial charge on any atom is 0.252 e. The van der Waals surface area contributed by atoms with Gasteiger partial charge in [0.25, 0.3) is 6.71 Å². The van der Waals surface area contributed by atoms with Crippen molar-refractivity contribution in [2.75, 3.05) is 4.90 Å². The molecule has 0 radical (unpaired) electrons. The molecule has 95 heavy (non-hydrogen) atoms. The molecule has 0 fully saturated rings. The van der Waals surface area contributed by atoms with E-state index in [1.54, 1.807) is 0 Å². The summed E-state index contributed by atoms with van der Waals surface area (Å²) >= 11 is 0. The average Bonchev–Trinajstić information content (AvgIpc) is 1.37. The summed E-state index contributed by atoms with van der Waals surface area (Å²) < 4.78 is 2.72. The molecule has 0 amide bonds. The third-order valence-electron chi connectivity index (χ3n) is 20.5. The van der Waals surface area contributed by atoms with Gasteiger partial charge in [0.1, 0.15) is 0 Å². The standard InChI is InChI=1S/C92H87BN2/c1-88(2,3)66-44-41-58(42-45-66)64-51-78-76-36-25-23-34-74(76)73-33-22-24-35-75(73)77-37-26-27-40-81(77)94-83-54-65(63-49-69(91(10,11)12)57-70(50-63)92(13,14)15)55-84-85(83)93(80(52-64)87(78)94)79-46-43-61(62-47-67(89(4,5)6)56-68(48-62)90(7,8)9)53-82(79)95(84)86-71(59-29-18-16-19-30-59)38-28-39-72(86)60-31-20-17-21-32-60/h16-57H,1-15H3. The Morgan fingerprint density at radius 2 is 0.653 bits per heavy atom. The molecule has 0 bridgehead atoms. The molecular weight excluding hydrogens is 1140 g/mol. The van der Waals surface area contributed by atoms with Gasteiger partial charge in [-0.3, -0.25) is 0 Å². The van der Waals surface area contributed by atoms with Crippen molar-refractivity contribution in [1.29, 1.82) is 0 Å². The highest BCUT2D eigenvalue weighted by atomic mass is 15.2. The fourth-order valence-electron chi connectivity index (χ4n) is 15.1. The molecule has 0 N–H and O–H groups in total. The molecule has 2 aliphatic rings. The second-order valence-electron chi connectivity index (χ2n) is 32.2. The normalized spacial score (nSPS) is 13.2. The van der Waals surface area contributed by atoms with Crippen molar-refractivity contribution in [3.8, 4) is 61.3 Å².